The van der Waals surface area contributed by atoms with Crippen LogP contribution in [0.4, 0.5) is 4.39 Å². The number of halogens is 1. The molecule has 7 heteroatoms. The van der Waals surface area contributed by atoms with Crippen LogP contribution in [-0.4, -0.2) is 26.1 Å². The molecule has 2 N–H and O–H groups in total. The molecule has 0 amide bonds. The summed E-state index contributed by atoms with van der Waals surface area (Å²) in [6, 6.07) is 9.92. The van der Waals surface area contributed by atoms with Crippen LogP contribution < -0.4 is 5.49 Å². The molecule has 0 saturated heterocycles. The Bertz CT molecular complexity index is 898. The smallest absolute Gasteiger partial charge is 0.189 e. The Kier molecular flexibility index (Phi) is 3.65. The predicted octanol–water partition coefficient (Wildman–Crippen LogP) is 2.49. The highest BCUT2D eigenvalue weighted by molar-refractivity contribution is 5.67. The number of aromatic amines is 1. The average Bonchev–Trinajstić information content (AvgIpc) is 3.04. The molecule has 2 aromatic heterocycles. The summed E-state index contributed by atoms with van der Waals surface area (Å²) in [5.74, 6) is -1.41. The van der Waals surface area contributed by atoms with E-state index in [9.17, 15) is 0 Å². The molecule has 1 saturated carbocycles. The summed E-state index contributed by atoms with van der Waals surface area (Å²) in [5.41, 5.74) is 2.07. The molecule has 2 heterocycles. The Hall–Kier alpha value is -2.54. The van der Waals surface area contributed by atoms with Gasteiger partial charge in [0.15, 0.2) is 16.9 Å². The highest BCUT2D eigenvalue weighted by Gasteiger charge is 2.47. The zero-order chi connectivity index (χ0) is 16.6. The van der Waals surface area contributed by atoms with Gasteiger partial charge in [-0.3, -0.25) is 9.98 Å². The lowest BCUT2D eigenvalue weighted by molar-refractivity contribution is -0.0976. The van der Waals surface area contributed by atoms with E-state index in [2.05, 4.69) is 15.0 Å². The molecule has 4 rings (SSSR count). The van der Waals surface area contributed by atoms with Gasteiger partial charge in [0.1, 0.15) is 11.8 Å². The normalized spacial score (nSPS) is 23.3. The molecule has 1 aromatic carbocycles. The number of nitrogens with one attached hydrogen (secondary N) is 2. The number of nitrogens with zero attached hydrogens (tertiary/aromatic N) is 3. The fourth-order valence-electron chi connectivity index (χ4n) is 3.21. The molecule has 1 aliphatic carbocycles. The maximum absolute atomic E-state index is 15.0. The first-order chi connectivity index (χ1) is 11.7. The third kappa shape index (κ3) is 2.60. The van der Waals surface area contributed by atoms with Gasteiger partial charge >= 0.3 is 0 Å². The molecular formula is C17H18FN5O. The number of ether oxygens (including phenoxy) is 1. The quantitative estimate of drug-likeness (QED) is 0.755. The van der Waals surface area contributed by atoms with E-state index in [-0.39, 0.29) is 11.4 Å². The lowest BCUT2D eigenvalue weighted by Crippen LogP contribution is -2.48. The largest absolute Gasteiger partial charge is 0.376 e. The van der Waals surface area contributed by atoms with E-state index in [1.807, 2.05) is 30.3 Å². The van der Waals surface area contributed by atoms with E-state index in [0.29, 0.717) is 37.2 Å². The Morgan fingerprint density at radius 3 is 2.88 bits per heavy atom. The second-order valence-corrected chi connectivity index (χ2v) is 6.26. The van der Waals surface area contributed by atoms with E-state index in [1.54, 1.807) is 0 Å². The fourth-order valence-corrected chi connectivity index (χ4v) is 3.21. The van der Waals surface area contributed by atoms with Crippen LogP contribution in [0.1, 0.15) is 18.4 Å². The van der Waals surface area contributed by atoms with Gasteiger partial charge < -0.3 is 9.72 Å². The van der Waals surface area contributed by atoms with Gasteiger partial charge in [0, 0.05) is 12.8 Å². The van der Waals surface area contributed by atoms with Crippen LogP contribution in [0.2, 0.25) is 0 Å². The second kappa shape index (κ2) is 5.83. The van der Waals surface area contributed by atoms with Crippen LogP contribution >= 0.6 is 0 Å². The molecule has 0 spiro atoms. The van der Waals surface area contributed by atoms with Crippen LogP contribution in [0.25, 0.3) is 11.2 Å². The molecule has 0 radical (unpaired) electrons. The summed E-state index contributed by atoms with van der Waals surface area (Å²) in [7, 11) is 0. The summed E-state index contributed by atoms with van der Waals surface area (Å²) < 4.78 is 22.0. The van der Waals surface area contributed by atoms with Crippen molar-refractivity contribution in [3.8, 4) is 0 Å². The number of alkyl halides is 1. The number of hydrogen-bond acceptors (Lipinski definition) is 4. The maximum Gasteiger partial charge on any atom is 0.189 e. The van der Waals surface area contributed by atoms with Gasteiger partial charge in [-0.15, -0.1) is 0 Å². The first-order valence-electron chi connectivity index (χ1n) is 7.92. The van der Waals surface area contributed by atoms with Gasteiger partial charge in [0.25, 0.3) is 0 Å². The molecule has 6 nitrogen and oxygen atoms in total. The summed E-state index contributed by atoms with van der Waals surface area (Å²) in [5, 5.41) is 8.15. The predicted molar refractivity (Wildman–Crippen MR) is 85.6 cm³/mol. The topological polar surface area (TPSA) is 79.6 Å². The van der Waals surface area contributed by atoms with Crippen molar-refractivity contribution in [2.45, 2.75) is 25.2 Å². The van der Waals surface area contributed by atoms with Crippen molar-refractivity contribution in [2.24, 2.45) is 5.92 Å². The second-order valence-electron chi connectivity index (χ2n) is 6.26. The van der Waals surface area contributed by atoms with Crippen molar-refractivity contribution in [3.63, 3.8) is 0 Å². The van der Waals surface area contributed by atoms with Gasteiger partial charge in [-0.05, 0) is 11.5 Å². The Morgan fingerprint density at radius 2 is 2.08 bits per heavy atom. The summed E-state index contributed by atoms with van der Waals surface area (Å²) in [4.78, 5) is 10.9. The summed E-state index contributed by atoms with van der Waals surface area (Å²) in [6.45, 7) is 1.06. The lowest BCUT2D eigenvalue weighted by Gasteiger charge is -2.42. The summed E-state index contributed by atoms with van der Waals surface area (Å²) >= 11 is 0. The van der Waals surface area contributed by atoms with E-state index in [1.165, 1.54) is 17.2 Å². The van der Waals surface area contributed by atoms with Gasteiger partial charge in [0.2, 0.25) is 0 Å². The molecular weight excluding hydrogens is 309 g/mol. The van der Waals surface area contributed by atoms with Gasteiger partial charge in [0.05, 0.1) is 19.5 Å². The molecule has 0 atom stereocenters. The molecule has 3 aromatic rings. The van der Waals surface area contributed by atoms with Crippen LogP contribution in [0, 0.1) is 11.3 Å². The van der Waals surface area contributed by atoms with Crippen molar-refractivity contribution < 1.29 is 9.13 Å². The number of rotatable bonds is 5. The van der Waals surface area contributed by atoms with Gasteiger partial charge in [-0.25, -0.2) is 14.4 Å². The zero-order valence-corrected chi connectivity index (χ0v) is 13.1. The minimum absolute atomic E-state index is 0.0728. The number of imidazole rings is 1. The number of benzene rings is 1. The SMILES string of the molecule is N=c1c2[nH]cnc2ncn1C1(F)CC(COCc2ccccc2)C1. The van der Waals surface area contributed by atoms with Gasteiger partial charge in [-0.2, -0.15) is 0 Å². The van der Waals surface area contributed by atoms with Crippen molar-refractivity contribution in [1.29, 1.82) is 5.41 Å². The number of fused-ring (bicyclic) bond motifs is 1. The van der Waals surface area contributed by atoms with Crippen LogP contribution in [-0.2, 0) is 17.1 Å². The molecule has 1 aliphatic rings. The van der Waals surface area contributed by atoms with Crippen LogP contribution in [0.15, 0.2) is 43.0 Å². The molecule has 0 bridgehead atoms. The number of H-pyrrole nitrogens is 1. The van der Waals surface area contributed by atoms with E-state index in [4.69, 9.17) is 10.1 Å². The number of hydrogen-bond donors (Lipinski definition) is 2. The first kappa shape index (κ1) is 15.0. The highest BCUT2D eigenvalue weighted by Crippen LogP contribution is 2.44. The minimum atomic E-state index is -1.57. The summed E-state index contributed by atoms with van der Waals surface area (Å²) in [6.07, 6.45) is 3.50. The standard InChI is InChI=1S/C17H18FN5O/c18-17(23-11-22-16-14(15(23)19)20-10-21-16)6-13(7-17)9-24-8-12-4-2-1-3-5-12/h1-5,10-11,13,19H,6-9H2,(H,20,21). The Labute approximate surface area is 137 Å². The molecule has 0 unspecified atom stereocenters. The molecule has 0 aliphatic heterocycles. The monoisotopic (exact) mass is 327 g/mol. The molecule has 124 valence electrons. The maximum atomic E-state index is 15.0. The molecule has 24 heavy (non-hydrogen) atoms. The van der Waals surface area contributed by atoms with E-state index in [0.717, 1.165) is 5.56 Å². The Balaban J connectivity index is 1.38. The highest BCUT2D eigenvalue weighted by atomic mass is 19.1. The van der Waals surface area contributed by atoms with Crippen molar-refractivity contribution in [3.05, 3.63) is 54.0 Å². The van der Waals surface area contributed by atoms with Crippen LogP contribution in [0.3, 0.4) is 0 Å². The van der Waals surface area contributed by atoms with Crippen molar-refractivity contribution in [2.75, 3.05) is 6.61 Å². The molecule has 1 fully saturated rings. The minimum Gasteiger partial charge on any atom is -0.376 e. The Morgan fingerprint density at radius 1 is 1.29 bits per heavy atom. The first-order valence-corrected chi connectivity index (χ1v) is 7.92. The van der Waals surface area contributed by atoms with Crippen LogP contribution in [0.5, 0.6) is 0 Å². The zero-order valence-electron chi connectivity index (χ0n) is 13.1. The fraction of sp³-hybridized carbons (Fsp3) is 0.353. The van der Waals surface area contributed by atoms with E-state index < -0.39 is 5.79 Å². The average molecular weight is 327 g/mol. The van der Waals surface area contributed by atoms with E-state index >= 15 is 4.39 Å². The van der Waals surface area contributed by atoms with Crippen molar-refractivity contribution in [1.82, 2.24) is 19.5 Å². The third-order valence-electron chi connectivity index (χ3n) is 4.49. The van der Waals surface area contributed by atoms with Crippen molar-refractivity contribution >= 4 is 11.2 Å². The lowest BCUT2D eigenvalue weighted by atomic mass is 9.78. The van der Waals surface area contributed by atoms with Gasteiger partial charge in [-0.1, -0.05) is 30.3 Å². The number of aromatic nitrogens is 4. The third-order valence-corrected chi connectivity index (χ3v) is 4.49.